The molecule has 66 heavy (non-hydrogen) atoms. The maximum absolute atomic E-state index is 12.5. The second-order valence-corrected chi connectivity index (χ2v) is 20.1. The van der Waals surface area contributed by atoms with Crippen molar-refractivity contribution in [2.75, 3.05) is 0 Å². The summed E-state index contributed by atoms with van der Waals surface area (Å²) < 4.78 is 20.6. The van der Waals surface area contributed by atoms with Crippen molar-refractivity contribution in [1.82, 2.24) is 14.5 Å². The molecule has 4 nitrogen and oxygen atoms in total. The van der Waals surface area contributed by atoms with Gasteiger partial charge < -0.3 is 5.11 Å². The summed E-state index contributed by atoms with van der Waals surface area (Å²) in [4.78, 5) is 10.6. The van der Waals surface area contributed by atoms with Crippen LogP contribution in [0.2, 0.25) is 0 Å². The number of rotatable bonds is 9. The van der Waals surface area contributed by atoms with Crippen LogP contribution in [0.25, 0.3) is 83.9 Å². The maximum Gasteiger partial charge on any atom is 0.149 e. The highest BCUT2D eigenvalue weighted by molar-refractivity contribution is 5.98. The van der Waals surface area contributed by atoms with E-state index in [1.165, 1.54) is 11.1 Å². The Bertz CT molecular complexity index is 3310. The number of nitrogens with zero attached hydrogens (tertiary/aromatic N) is 3. The lowest BCUT2D eigenvalue weighted by molar-refractivity contribution is 0.466. The Hall–Kier alpha value is -7.04. The molecule has 0 aliphatic heterocycles. The smallest absolute Gasteiger partial charge is 0.149 e. The van der Waals surface area contributed by atoms with Gasteiger partial charge in [-0.05, 0) is 133 Å². The number of aromatic hydroxyl groups is 1. The van der Waals surface area contributed by atoms with E-state index in [0.717, 1.165) is 72.5 Å². The van der Waals surface area contributed by atoms with Crippen LogP contribution < -0.4 is 0 Å². The number of hydrogen-bond donors (Lipinski definition) is 1. The van der Waals surface area contributed by atoms with Gasteiger partial charge in [-0.2, -0.15) is 0 Å². The molecule has 0 bridgehead atoms. The predicted molar refractivity (Wildman–Crippen MR) is 279 cm³/mol. The third-order valence-corrected chi connectivity index (χ3v) is 12.8. The zero-order chi connectivity index (χ0) is 48.3. The predicted octanol–water partition coefficient (Wildman–Crippen LogP) is 17.0. The zero-order valence-electron chi connectivity index (χ0n) is 42.0. The van der Waals surface area contributed by atoms with E-state index in [0.29, 0.717) is 22.5 Å². The van der Waals surface area contributed by atoms with Crippen molar-refractivity contribution in [3.8, 4) is 78.6 Å². The van der Waals surface area contributed by atoms with Gasteiger partial charge >= 0.3 is 0 Å². The van der Waals surface area contributed by atoms with Crippen molar-refractivity contribution in [3.05, 3.63) is 192 Å². The molecule has 0 unspecified atom stereocenters. The number of imidazole rings is 1. The van der Waals surface area contributed by atoms with E-state index in [-0.39, 0.29) is 16.6 Å². The number of phenolic OH excluding ortho intramolecular Hbond substituents is 1. The molecule has 2 heterocycles. The van der Waals surface area contributed by atoms with Crippen molar-refractivity contribution >= 4 is 11.0 Å². The highest BCUT2D eigenvalue weighted by Crippen LogP contribution is 2.45. The molecule has 0 saturated carbocycles. The van der Waals surface area contributed by atoms with Crippen LogP contribution in [0.5, 0.6) is 5.75 Å². The molecule has 9 rings (SSSR count). The number of hydrogen-bond acceptors (Lipinski definition) is 3. The zero-order valence-corrected chi connectivity index (χ0v) is 40.0. The van der Waals surface area contributed by atoms with E-state index in [2.05, 4.69) is 186 Å². The first-order chi connectivity index (χ1) is 32.1. The van der Waals surface area contributed by atoms with Gasteiger partial charge in [-0.25, -0.2) is 4.98 Å². The largest absolute Gasteiger partial charge is 0.507 e. The van der Waals surface area contributed by atoms with Gasteiger partial charge in [-0.3, -0.25) is 9.55 Å². The molecular weight excluding hydrogens is 803 g/mol. The fraction of sp³-hybridized carbons (Fsp3) is 0.226. The Balaban J connectivity index is 1.37. The van der Waals surface area contributed by atoms with Gasteiger partial charge in [-0.15, -0.1) is 0 Å². The third-order valence-electron chi connectivity index (χ3n) is 12.8. The summed E-state index contributed by atoms with van der Waals surface area (Å²) >= 11 is 0. The van der Waals surface area contributed by atoms with E-state index in [9.17, 15) is 7.85 Å². The lowest BCUT2D eigenvalue weighted by Gasteiger charge is -2.24. The average Bonchev–Trinajstić information content (AvgIpc) is 3.70. The normalized spacial score (nSPS) is 12.9. The van der Waals surface area contributed by atoms with Gasteiger partial charge in [0.1, 0.15) is 11.6 Å². The average molecular weight is 866 g/mol. The maximum atomic E-state index is 12.5. The Morgan fingerprint density at radius 3 is 1.76 bits per heavy atom. The van der Waals surface area contributed by atoms with Gasteiger partial charge in [0, 0.05) is 25.6 Å². The number of fused-ring (bicyclic) bond motifs is 1. The quantitative estimate of drug-likeness (QED) is 0.157. The molecule has 0 atom stereocenters. The molecule has 7 aromatic carbocycles. The van der Waals surface area contributed by atoms with E-state index in [1.807, 2.05) is 44.3 Å². The number of aromatic nitrogens is 3. The fourth-order valence-electron chi connectivity index (χ4n) is 8.94. The highest BCUT2D eigenvalue weighted by atomic mass is 16.3. The Morgan fingerprint density at radius 2 is 1.12 bits per heavy atom. The summed E-state index contributed by atoms with van der Waals surface area (Å²) in [5.41, 5.74) is 16.5. The van der Waals surface area contributed by atoms with Crippen molar-refractivity contribution in [3.63, 3.8) is 0 Å². The minimum absolute atomic E-state index is 0.0174. The topological polar surface area (TPSA) is 50.9 Å². The van der Waals surface area contributed by atoms with Crippen molar-refractivity contribution in [1.29, 1.82) is 0 Å². The second kappa shape index (κ2) is 17.4. The second-order valence-electron chi connectivity index (χ2n) is 20.1. The SMILES string of the molecule is [2H]C(C)(C)c1cc(-c2nc3c(-c4cc(-c5ccccc5)cc(-c5cc(-c6ccccc6)ccn5)c4)cccc3n2-c2ccc(C(C)(C)C)cc2-c2ccc(C(C)(C)C)cc2)c(O)c(C([2H])(C)C)c1. The van der Waals surface area contributed by atoms with Crippen molar-refractivity contribution in [2.45, 2.75) is 91.9 Å². The third kappa shape index (κ3) is 8.61. The van der Waals surface area contributed by atoms with E-state index >= 15 is 0 Å². The van der Waals surface area contributed by atoms with Crippen molar-refractivity contribution < 1.29 is 7.85 Å². The first kappa shape index (κ1) is 41.7. The molecule has 330 valence electrons. The molecule has 0 amide bonds. The van der Waals surface area contributed by atoms with Crippen molar-refractivity contribution in [2.24, 2.45) is 0 Å². The van der Waals surface area contributed by atoms with Crippen LogP contribution >= 0.6 is 0 Å². The van der Waals surface area contributed by atoms with E-state index in [1.54, 1.807) is 13.8 Å². The van der Waals surface area contributed by atoms with Gasteiger partial charge in [0.05, 0.1) is 28.0 Å². The van der Waals surface area contributed by atoms with E-state index in [4.69, 9.17) is 9.97 Å². The van der Waals surface area contributed by atoms with Crippen LogP contribution in [-0.2, 0) is 10.8 Å². The number of para-hydroxylation sites is 1. The standard InChI is InChI=1S/C62H61N3O/c1-39(2)45-35-52(40(3)4)59(66)54(36-45)60-64-58-51(47-32-46(42-20-15-12-16-21-42)33-48(34-47)55-37-44(30-31-63-55)41-18-13-11-14-19-41)22-17-23-57(58)65(60)56-29-28-50(62(8,9)10)38-53(56)43-24-26-49(27-25-43)61(5,6)7/h11-40,66H,1-10H3/i39D,40D. The van der Waals surface area contributed by atoms with Crippen LogP contribution in [0.3, 0.4) is 0 Å². The molecule has 0 spiro atoms. The molecule has 0 radical (unpaired) electrons. The summed E-state index contributed by atoms with van der Waals surface area (Å²) in [7, 11) is 0. The Labute approximate surface area is 394 Å². The summed E-state index contributed by atoms with van der Waals surface area (Å²) in [6.45, 7) is 20.7. The summed E-state index contributed by atoms with van der Waals surface area (Å²) in [5, 5.41) is 12.5. The molecule has 0 aliphatic carbocycles. The molecule has 0 saturated heterocycles. The monoisotopic (exact) mass is 865 g/mol. The fourth-order valence-corrected chi connectivity index (χ4v) is 8.94. The first-order valence-electron chi connectivity index (χ1n) is 24.0. The van der Waals surface area contributed by atoms with Crippen LogP contribution in [0.1, 0.15) is 106 Å². The minimum atomic E-state index is -1.17. The molecule has 9 aromatic rings. The van der Waals surface area contributed by atoms with E-state index < -0.39 is 11.8 Å². The highest BCUT2D eigenvalue weighted by Gasteiger charge is 2.26. The number of pyridine rings is 1. The van der Waals surface area contributed by atoms with Gasteiger partial charge in [-0.1, -0.05) is 178 Å². The molecule has 0 aliphatic rings. The van der Waals surface area contributed by atoms with Gasteiger partial charge in [0.2, 0.25) is 0 Å². The summed E-state index contributed by atoms with van der Waals surface area (Å²) in [5.74, 6) is -1.69. The minimum Gasteiger partial charge on any atom is -0.507 e. The van der Waals surface area contributed by atoms with Crippen LogP contribution in [0, 0.1) is 0 Å². The lowest BCUT2D eigenvalue weighted by atomic mass is 9.83. The summed E-state index contributed by atoms with van der Waals surface area (Å²) in [6.07, 6.45) is 1.88. The molecule has 2 aromatic heterocycles. The number of phenols is 1. The lowest BCUT2D eigenvalue weighted by Crippen LogP contribution is -2.12. The molecule has 4 heteroatoms. The van der Waals surface area contributed by atoms with Crippen LogP contribution in [-0.4, -0.2) is 19.6 Å². The molecular formula is C62H61N3O. The molecule has 0 fully saturated rings. The van der Waals surface area contributed by atoms with Crippen LogP contribution in [0.15, 0.2) is 170 Å². The van der Waals surface area contributed by atoms with Gasteiger partial charge in [0.25, 0.3) is 0 Å². The Kier molecular flexibility index (Phi) is 11.0. The molecule has 1 N–H and O–H groups in total. The van der Waals surface area contributed by atoms with Gasteiger partial charge in [0.15, 0.2) is 0 Å². The Morgan fingerprint density at radius 1 is 0.500 bits per heavy atom. The summed E-state index contributed by atoms with van der Waals surface area (Å²) in [6, 6.07) is 57.3. The number of benzene rings is 7. The van der Waals surface area contributed by atoms with Crippen LogP contribution in [0.4, 0.5) is 0 Å². The first-order valence-corrected chi connectivity index (χ1v) is 23.0.